The van der Waals surface area contributed by atoms with Crippen molar-refractivity contribution < 1.29 is 10.2 Å². The van der Waals surface area contributed by atoms with Crippen molar-refractivity contribution in [1.82, 2.24) is 0 Å². The Morgan fingerprint density at radius 3 is 2.35 bits per heavy atom. The molecule has 0 atom stereocenters. The number of phenols is 2. The molecule has 0 aliphatic rings. The predicted molar refractivity (Wildman–Crippen MR) is 77.9 cm³/mol. The maximum absolute atomic E-state index is 9.66. The molecule has 0 bridgehead atoms. The minimum Gasteiger partial charge on any atom is -0.508 e. The van der Waals surface area contributed by atoms with Gasteiger partial charge in [0.25, 0.3) is 0 Å². The normalized spacial score (nSPS) is 11.2. The van der Waals surface area contributed by atoms with Crippen LogP contribution in [0, 0.1) is 0 Å². The van der Waals surface area contributed by atoms with Crippen LogP contribution in [0.15, 0.2) is 70.9 Å². The van der Waals surface area contributed by atoms with Crippen LogP contribution >= 0.6 is 0 Å². The van der Waals surface area contributed by atoms with E-state index in [0.717, 1.165) is 10.8 Å². The van der Waals surface area contributed by atoms with E-state index < -0.39 is 0 Å². The zero-order valence-electron chi connectivity index (χ0n) is 10.6. The summed E-state index contributed by atoms with van der Waals surface area (Å²) in [6.45, 7) is 0. The van der Waals surface area contributed by atoms with E-state index in [2.05, 4.69) is 10.2 Å². The fourth-order valence-electron chi connectivity index (χ4n) is 2.00. The molecule has 0 radical (unpaired) electrons. The lowest BCUT2D eigenvalue weighted by Gasteiger charge is -2.01. The summed E-state index contributed by atoms with van der Waals surface area (Å²) in [5.74, 6) is 0.0152. The molecule has 98 valence electrons. The van der Waals surface area contributed by atoms with Crippen molar-refractivity contribution in [3.63, 3.8) is 0 Å². The van der Waals surface area contributed by atoms with Crippen molar-refractivity contribution in [2.75, 3.05) is 0 Å². The first-order valence-corrected chi connectivity index (χ1v) is 6.15. The lowest BCUT2D eigenvalue weighted by Crippen LogP contribution is -1.73. The second kappa shape index (κ2) is 5.01. The molecule has 0 heterocycles. The summed E-state index contributed by atoms with van der Waals surface area (Å²) in [5, 5.41) is 29.3. The molecule has 20 heavy (non-hydrogen) atoms. The topological polar surface area (TPSA) is 65.2 Å². The second-order valence-corrected chi connectivity index (χ2v) is 4.37. The third-order valence-electron chi connectivity index (χ3n) is 2.99. The number of hydrogen-bond donors (Lipinski definition) is 2. The Morgan fingerprint density at radius 1 is 0.700 bits per heavy atom. The van der Waals surface area contributed by atoms with Gasteiger partial charge in [0.1, 0.15) is 17.2 Å². The van der Waals surface area contributed by atoms with Gasteiger partial charge in [-0.2, -0.15) is 0 Å². The van der Waals surface area contributed by atoms with E-state index in [9.17, 15) is 10.2 Å². The van der Waals surface area contributed by atoms with Crippen molar-refractivity contribution in [2.45, 2.75) is 0 Å². The highest BCUT2D eigenvalue weighted by Gasteiger charge is 2.02. The Balaban J connectivity index is 2.05. The summed E-state index contributed by atoms with van der Waals surface area (Å²) in [7, 11) is 0. The van der Waals surface area contributed by atoms with Crippen LogP contribution < -0.4 is 0 Å². The molecular weight excluding hydrogens is 252 g/mol. The van der Waals surface area contributed by atoms with Crippen LogP contribution in [-0.4, -0.2) is 10.2 Å². The minimum absolute atomic E-state index is 0.0215. The molecule has 3 rings (SSSR count). The van der Waals surface area contributed by atoms with E-state index in [0.29, 0.717) is 5.69 Å². The first kappa shape index (κ1) is 12.2. The summed E-state index contributed by atoms with van der Waals surface area (Å²) in [5.41, 5.74) is 0.948. The number of rotatable bonds is 2. The molecule has 0 fully saturated rings. The quantitative estimate of drug-likeness (QED) is 0.522. The summed E-state index contributed by atoms with van der Waals surface area (Å²) < 4.78 is 0. The molecule has 0 saturated heterocycles. The van der Waals surface area contributed by atoms with Crippen LogP contribution in [0.4, 0.5) is 11.4 Å². The molecule has 0 amide bonds. The van der Waals surface area contributed by atoms with Gasteiger partial charge in [0.2, 0.25) is 0 Å². The lowest BCUT2D eigenvalue weighted by molar-refractivity contribution is 0.461. The highest BCUT2D eigenvalue weighted by molar-refractivity contribution is 5.92. The Morgan fingerprint density at radius 2 is 1.45 bits per heavy atom. The van der Waals surface area contributed by atoms with Crippen molar-refractivity contribution in [3.05, 3.63) is 60.7 Å². The van der Waals surface area contributed by atoms with Crippen LogP contribution in [0.25, 0.3) is 10.8 Å². The molecule has 0 aliphatic carbocycles. The molecule has 0 aromatic heterocycles. The van der Waals surface area contributed by atoms with Crippen LogP contribution in [0.3, 0.4) is 0 Å². The predicted octanol–water partition coefficient (Wildman–Crippen LogP) is 4.67. The number of azo groups is 1. The molecule has 4 heteroatoms. The fourth-order valence-corrected chi connectivity index (χ4v) is 2.00. The van der Waals surface area contributed by atoms with Crippen LogP contribution in [0.2, 0.25) is 0 Å². The third-order valence-corrected chi connectivity index (χ3v) is 2.99. The monoisotopic (exact) mass is 264 g/mol. The molecule has 0 aliphatic heterocycles. The van der Waals surface area contributed by atoms with Gasteiger partial charge in [-0.25, -0.2) is 0 Å². The maximum Gasteiger partial charge on any atom is 0.143 e. The van der Waals surface area contributed by atoms with E-state index in [4.69, 9.17) is 0 Å². The first-order valence-electron chi connectivity index (χ1n) is 6.15. The molecule has 2 N–H and O–H groups in total. The van der Waals surface area contributed by atoms with Gasteiger partial charge in [-0.05, 0) is 23.6 Å². The van der Waals surface area contributed by atoms with Gasteiger partial charge < -0.3 is 10.2 Å². The van der Waals surface area contributed by atoms with Gasteiger partial charge in [-0.15, -0.1) is 10.2 Å². The fraction of sp³-hybridized carbons (Fsp3) is 0. The summed E-state index contributed by atoms with van der Waals surface area (Å²) in [6.07, 6.45) is 0. The van der Waals surface area contributed by atoms with E-state index in [-0.39, 0.29) is 17.2 Å². The van der Waals surface area contributed by atoms with Gasteiger partial charge in [0.05, 0.1) is 5.69 Å². The first-order chi connectivity index (χ1) is 9.74. The van der Waals surface area contributed by atoms with Crippen LogP contribution in [0.1, 0.15) is 0 Å². The van der Waals surface area contributed by atoms with Crippen LogP contribution in [-0.2, 0) is 0 Å². The smallest absolute Gasteiger partial charge is 0.143 e. The summed E-state index contributed by atoms with van der Waals surface area (Å²) >= 11 is 0. The highest BCUT2D eigenvalue weighted by Crippen LogP contribution is 2.33. The maximum atomic E-state index is 9.66. The van der Waals surface area contributed by atoms with Crippen molar-refractivity contribution in [3.8, 4) is 11.5 Å². The molecule has 0 spiro atoms. The Bertz CT molecular complexity index is 792. The Kier molecular flexibility index (Phi) is 3.05. The molecule has 4 nitrogen and oxygen atoms in total. The minimum atomic E-state index is -0.0215. The van der Waals surface area contributed by atoms with Crippen molar-refractivity contribution >= 4 is 22.1 Å². The molecule has 3 aromatic rings. The number of nitrogens with zero attached hydrogens (tertiary/aromatic N) is 2. The molecule has 0 saturated carbocycles. The molecule has 3 aromatic carbocycles. The largest absolute Gasteiger partial charge is 0.508 e. The number of benzene rings is 3. The molecular formula is C16H12N2O2. The zero-order valence-corrected chi connectivity index (χ0v) is 10.6. The number of phenolic OH excluding ortho intramolecular Hbond substituents is 2. The van der Waals surface area contributed by atoms with Gasteiger partial charge in [0, 0.05) is 11.5 Å². The average Bonchev–Trinajstić information content (AvgIpc) is 2.48. The van der Waals surface area contributed by atoms with E-state index in [1.54, 1.807) is 0 Å². The average molecular weight is 264 g/mol. The number of aromatic hydroxyl groups is 2. The standard InChI is InChI=1S/C16H12N2O2/c19-12-8-9-16(20)15(10-12)18-17-14-7-3-5-11-4-1-2-6-13(11)14/h1-10,19-20H. The van der Waals surface area contributed by atoms with Gasteiger partial charge in [0.15, 0.2) is 0 Å². The van der Waals surface area contributed by atoms with Gasteiger partial charge in [-0.3, -0.25) is 0 Å². The van der Waals surface area contributed by atoms with Crippen molar-refractivity contribution in [1.29, 1.82) is 0 Å². The van der Waals surface area contributed by atoms with E-state index in [1.165, 1.54) is 18.2 Å². The summed E-state index contributed by atoms with van der Waals surface area (Å²) in [6, 6.07) is 17.8. The third kappa shape index (κ3) is 2.31. The van der Waals surface area contributed by atoms with E-state index in [1.807, 2.05) is 42.5 Å². The number of hydrogen-bond acceptors (Lipinski definition) is 4. The summed E-state index contributed by atoms with van der Waals surface area (Å²) in [4.78, 5) is 0. The van der Waals surface area contributed by atoms with Gasteiger partial charge in [-0.1, -0.05) is 36.4 Å². The second-order valence-electron chi connectivity index (χ2n) is 4.37. The Labute approximate surface area is 115 Å². The molecule has 0 unspecified atom stereocenters. The van der Waals surface area contributed by atoms with Crippen molar-refractivity contribution in [2.24, 2.45) is 10.2 Å². The van der Waals surface area contributed by atoms with Crippen LogP contribution in [0.5, 0.6) is 11.5 Å². The zero-order chi connectivity index (χ0) is 13.9. The highest BCUT2D eigenvalue weighted by atomic mass is 16.3. The van der Waals surface area contributed by atoms with Gasteiger partial charge >= 0.3 is 0 Å². The number of fused-ring (bicyclic) bond motifs is 1. The SMILES string of the molecule is Oc1ccc(O)c(N=Nc2cccc3ccccc23)c1. The van der Waals surface area contributed by atoms with E-state index >= 15 is 0 Å². The Hall–Kier alpha value is -2.88. The lowest BCUT2D eigenvalue weighted by atomic mass is 10.1.